The van der Waals surface area contributed by atoms with Crippen LogP contribution in [0.5, 0.6) is 0 Å². The third-order valence-corrected chi connectivity index (χ3v) is 3.71. The van der Waals surface area contributed by atoms with Gasteiger partial charge in [0.05, 0.1) is 13.7 Å². The number of nitrogens with one attached hydrogen (secondary N) is 2. The van der Waals surface area contributed by atoms with E-state index in [9.17, 15) is 9.59 Å². The molecule has 0 radical (unpaired) electrons. The Labute approximate surface area is 124 Å². The number of rotatable bonds is 4. The molecule has 1 amide bonds. The van der Waals surface area contributed by atoms with E-state index in [-0.39, 0.29) is 31.0 Å². The number of fused-ring (bicyclic) bond motifs is 1. The standard InChI is InChI=1S/C16H18N2O3/c1-3-8-17-15(19)11-18-10-13-7-5-4-6-12(13)9-14(18)16(20)21-2/h1,4-7,14H,8-11H2,2H3,(H,17,19)/p+1/t14-/m1/s1. The summed E-state index contributed by atoms with van der Waals surface area (Å²) in [4.78, 5) is 24.7. The summed E-state index contributed by atoms with van der Waals surface area (Å²) >= 11 is 0. The molecule has 0 aromatic heterocycles. The van der Waals surface area contributed by atoms with Crippen LogP contribution in [-0.2, 0) is 27.3 Å². The van der Waals surface area contributed by atoms with E-state index in [1.54, 1.807) is 0 Å². The minimum Gasteiger partial charge on any atom is -0.465 e. The van der Waals surface area contributed by atoms with Gasteiger partial charge in [-0.1, -0.05) is 30.2 Å². The van der Waals surface area contributed by atoms with Crippen LogP contribution in [0.15, 0.2) is 24.3 Å². The molecule has 0 bridgehead atoms. The van der Waals surface area contributed by atoms with Crippen molar-refractivity contribution in [2.45, 2.75) is 19.0 Å². The fourth-order valence-electron chi connectivity index (χ4n) is 2.66. The van der Waals surface area contributed by atoms with Crippen LogP contribution in [0.2, 0.25) is 0 Å². The fourth-order valence-corrected chi connectivity index (χ4v) is 2.66. The van der Waals surface area contributed by atoms with Gasteiger partial charge in [0.1, 0.15) is 6.54 Å². The second-order valence-electron chi connectivity index (χ2n) is 5.04. The lowest BCUT2D eigenvalue weighted by Gasteiger charge is -2.31. The Morgan fingerprint density at radius 1 is 1.43 bits per heavy atom. The minimum atomic E-state index is -0.360. The van der Waals surface area contributed by atoms with Crippen molar-refractivity contribution in [1.29, 1.82) is 0 Å². The summed E-state index contributed by atoms with van der Waals surface area (Å²) < 4.78 is 4.87. The quantitative estimate of drug-likeness (QED) is 0.547. The molecule has 0 saturated heterocycles. The Kier molecular flexibility index (Phi) is 4.96. The third kappa shape index (κ3) is 3.61. The van der Waals surface area contributed by atoms with E-state index >= 15 is 0 Å². The van der Waals surface area contributed by atoms with E-state index in [1.165, 1.54) is 7.11 Å². The number of carbonyl (C=O) groups excluding carboxylic acids is 2. The Morgan fingerprint density at radius 2 is 2.14 bits per heavy atom. The van der Waals surface area contributed by atoms with Crippen LogP contribution in [-0.4, -0.2) is 38.1 Å². The summed E-state index contributed by atoms with van der Waals surface area (Å²) in [5.74, 6) is 1.92. The molecular weight excluding hydrogens is 268 g/mol. The molecular formula is C16H19N2O3+. The van der Waals surface area contributed by atoms with E-state index in [0.717, 1.165) is 16.0 Å². The Balaban J connectivity index is 2.15. The first-order valence-electron chi connectivity index (χ1n) is 6.85. The van der Waals surface area contributed by atoms with Gasteiger partial charge in [0.2, 0.25) is 0 Å². The first kappa shape index (κ1) is 15.1. The molecule has 5 nitrogen and oxygen atoms in total. The van der Waals surface area contributed by atoms with Gasteiger partial charge >= 0.3 is 5.97 Å². The lowest BCUT2D eigenvalue weighted by Crippen LogP contribution is -3.17. The van der Waals surface area contributed by atoms with E-state index in [2.05, 4.69) is 11.2 Å². The van der Waals surface area contributed by atoms with E-state index in [4.69, 9.17) is 11.2 Å². The van der Waals surface area contributed by atoms with E-state index in [1.807, 2.05) is 24.3 Å². The number of ether oxygens (including phenoxy) is 1. The number of terminal acetylenes is 1. The molecule has 0 spiro atoms. The highest BCUT2D eigenvalue weighted by molar-refractivity contribution is 5.78. The molecule has 110 valence electrons. The Hall–Kier alpha value is -2.32. The van der Waals surface area contributed by atoms with Crippen LogP contribution >= 0.6 is 0 Å². The highest BCUT2D eigenvalue weighted by Gasteiger charge is 2.36. The molecule has 1 aliphatic rings. The molecule has 0 saturated carbocycles. The van der Waals surface area contributed by atoms with Crippen LogP contribution in [0.4, 0.5) is 0 Å². The second kappa shape index (κ2) is 6.91. The Morgan fingerprint density at radius 3 is 2.81 bits per heavy atom. The molecule has 1 unspecified atom stereocenters. The van der Waals surface area contributed by atoms with Crippen molar-refractivity contribution in [2.75, 3.05) is 20.2 Å². The van der Waals surface area contributed by atoms with Gasteiger partial charge in [-0.15, -0.1) is 6.42 Å². The van der Waals surface area contributed by atoms with Crippen molar-refractivity contribution in [1.82, 2.24) is 5.32 Å². The van der Waals surface area contributed by atoms with E-state index in [0.29, 0.717) is 13.0 Å². The maximum absolute atomic E-state index is 12.0. The van der Waals surface area contributed by atoms with Crippen molar-refractivity contribution in [3.05, 3.63) is 35.4 Å². The van der Waals surface area contributed by atoms with Crippen LogP contribution in [0.25, 0.3) is 0 Å². The first-order valence-corrected chi connectivity index (χ1v) is 6.85. The largest absolute Gasteiger partial charge is 0.465 e. The summed E-state index contributed by atoms with van der Waals surface area (Å²) in [5.41, 5.74) is 2.30. The monoisotopic (exact) mass is 287 g/mol. The smallest absolute Gasteiger partial charge is 0.365 e. The van der Waals surface area contributed by atoms with Gasteiger partial charge in [0.15, 0.2) is 12.6 Å². The van der Waals surface area contributed by atoms with Crippen LogP contribution in [0, 0.1) is 12.3 Å². The van der Waals surface area contributed by atoms with Crippen molar-refractivity contribution in [3.8, 4) is 12.3 Å². The number of quaternary nitrogens is 1. The molecule has 21 heavy (non-hydrogen) atoms. The fraction of sp³-hybridized carbons (Fsp3) is 0.375. The molecule has 0 fully saturated rings. The predicted molar refractivity (Wildman–Crippen MR) is 77.3 cm³/mol. The summed E-state index contributed by atoms with van der Waals surface area (Å²) in [6.07, 6.45) is 5.71. The molecule has 1 heterocycles. The number of methoxy groups -OCH3 is 1. The van der Waals surface area contributed by atoms with Crippen LogP contribution in [0.3, 0.4) is 0 Å². The average molecular weight is 287 g/mol. The topological polar surface area (TPSA) is 59.8 Å². The van der Waals surface area contributed by atoms with Gasteiger partial charge in [0.25, 0.3) is 5.91 Å². The second-order valence-corrected chi connectivity index (χ2v) is 5.04. The molecule has 5 heteroatoms. The van der Waals surface area contributed by atoms with Crippen LogP contribution in [0.1, 0.15) is 11.1 Å². The van der Waals surface area contributed by atoms with Gasteiger partial charge in [0, 0.05) is 12.0 Å². The maximum atomic E-state index is 12.0. The van der Waals surface area contributed by atoms with Crippen molar-refractivity contribution >= 4 is 11.9 Å². The van der Waals surface area contributed by atoms with Gasteiger partial charge in [-0.2, -0.15) is 0 Å². The zero-order valence-electron chi connectivity index (χ0n) is 12.0. The maximum Gasteiger partial charge on any atom is 0.365 e. The SMILES string of the molecule is C#CCNC(=O)C[NH+]1Cc2ccccc2C[C@@H]1C(=O)OC. The molecule has 2 rings (SSSR count). The highest BCUT2D eigenvalue weighted by atomic mass is 16.5. The zero-order valence-corrected chi connectivity index (χ0v) is 12.0. The van der Waals surface area contributed by atoms with Crippen molar-refractivity contribution in [3.63, 3.8) is 0 Å². The van der Waals surface area contributed by atoms with Crippen molar-refractivity contribution < 1.29 is 19.2 Å². The van der Waals surface area contributed by atoms with Gasteiger partial charge < -0.3 is 15.0 Å². The predicted octanol–water partition coefficient (Wildman–Crippen LogP) is -1.08. The molecule has 1 aromatic carbocycles. The molecule has 2 atom stereocenters. The minimum absolute atomic E-state index is 0.156. The summed E-state index contributed by atoms with van der Waals surface area (Å²) in [7, 11) is 1.37. The molecule has 0 aliphatic carbocycles. The first-order chi connectivity index (χ1) is 10.2. The van der Waals surface area contributed by atoms with E-state index < -0.39 is 0 Å². The summed E-state index contributed by atoms with van der Waals surface area (Å²) in [5, 5.41) is 2.63. The third-order valence-electron chi connectivity index (χ3n) is 3.71. The van der Waals surface area contributed by atoms with Gasteiger partial charge in [-0.3, -0.25) is 4.79 Å². The number of hydrogen-bond acceptors (Lipinski definition) is 3. The van der Waals surface area contributed by atoms with Gasteiger partial charge in [-0.05, 0) is 5.56 Å². The number of esters is 1. The number of benzene rings is 1. The van der Waals surface area contributed by atoms with Crippen LogP contribution < -0.4 is 10.2 Å². The molecule has 1 aromatic rings. The number of amides is 1. The average Bonchev–Trinajstić information content (AvgIpc) is 2.51. The summed E-state index contributed by atoms with van der Waals surface area (Å²) in [6.45, 7) is 1.03. The molecule has 1 aliphatic heterocycles. The summed E-state index contributed by atoms with van der Waals surface area (Å²) in [6, 6.07) is 7.61. The van der Waals surface area contributed by atoms with Crippen molar-refractivity contribution in [2.24, 2.45) is 0 Å². The highest BCUT2D eigenvalue weighted by Crippen LogP contribution is 2.14. The number of carbonyl (C=O) groups is 2. The number of hydrogen-bond donors (Lipinski definition) is 2. The van der Waals surface area contributed by atoms with Gasteiger partial charge in [-0.25, -0.2) is 4.79 Å². The molecule has 2 N–H and O–H groups in total. The Bertz CT molecular complexity index is 577. The lowest BCUT2D eigenvalue weighted by atomic mass is 9.94. The lowest BCUT2D eigenvalue weighted by molar-refractivity contribution is -0.924. The zero-order chi connectivity index (χ0) is 15.2. The normalized spacial score (nSPS) is 20.0.